The molecular formula is C16H22N2S. The first-order valence-corrected chi connectivity index (χ1v) is 7.85. The largest absolute Gasteiger partial charge is 0.306 e. The standard InChI is InChI=1S/C16H22N2S/c1-4-7-18-16(14-9-12(3)19-11-14)15-6-8-17-10-13(15)5-2/h6,8-11,16,18H,4-5,7H2,1-3H3. The predicted octanol–water partition coefficient (Wildman–Crippen LogP) is 4.10. The van der Waals surface area contributed by atoms with Crippen molar-refractivity contribution in [3.8, 4) is 0 Å². The second kappa shape index (κ2) is 6.83. The monoisotopic (exact) mass is 274 g/mol. The van der Waals surface area contributed by atoms with Gasteiger partial charge in [0.15, 0.2) is 0 Å². The summed E-state index contributed by atoms with van der Waals surface area (Å²) >= 11 is 1.82. The van der Waals surface area contributed by atoms with Crippen molar-refractivity contribution in [1.82, 2.24) is 10.3 Å². The smallest absolute Gasteiger partial charge is 0.0588 e. The minimum atomic E-state index is 0.294. The van der Waals surface area contributed by atoms with E-state index in [1.165, 1.54) is 21.6 Å². The summed E-state index contributed by atoms with van der Waals surface area (Å²) in [5, 5.41) is 5.94. The van der Waals surface area contributed by atoms with Gasteiger partial charge in [-0.1, -0.05) is 13.8 Å². The van der Waals surface area contributed by atoms with Crippen LogP contribution in [0.15, 0.2) is 29.9 Å². The molecule has 2 rings (SSSR count). The van der Waals surface area contributed by atoms with Gasteiger partial charge < -0.3 is 5.32 Å². The maximum atomic E-state index is 4.25. The van der Waals surface area contributed by atoms with E-state index in [0.717, 1.165) is 19.4 Å². The van der Waals surface area contributed by atoms with Crippen molar-refractivity contribution in [3.05, 3.63) is 51.5 Å². The second-order valence-electron chi connectivity index (χ2n) is 4.81. The van der Waals surface area contributed by atoms with Crippen molar-refractivity contribution in [1.29, 1.82) is 0 Å². The quantitative estimate of drug-likeness (QED) is 0.857. The molecule has 19 heavy (non-hydrogen) atoms. The molecule has 0 aromatic carbocycles. The lowest BCUT2D eigenvalue weighted by molar-refractivity contribution is 0.595. The highest BCUT2D eigenvalue weighted by atomic mass is 32.1. The van der Waals surface area contributed by atoms with Gasteiger partial charge >= 0.3 is 0 Å². The lowest BCUT2D eigenvalue weighted by Gasteiger charge is -2.20. The number of pyridine rings is 1. The number of thiophene rings is 1. The number of nitrogens with one attached hydrogen (secondary N) is 1. The average molecular weight is 274 g/mol. The fourth-order valence-corrected chi connectivity index (χ4v) is 3.06. The minimum Gasteiger partial charge on any atom is -0.306 e. The molecule has 0 saturated heterocycles. The highest BCUT2D eigenvalue weighted by Crippen LogP contribution is 2.28. The van der Waals surface area contributed by atoms with Crippen molar-refractivity contribution >= 4 is 11.3 Å². The molecule has 2 aromatic rings. The molecule has 0 fully saturated rings. The first-order valence-electron chi connectivity index (χ1n) is 6.97. The lowest BCUT2D eigenvalue weighted by atomic mass is 9.96. The molecule has 0 bridgehead atoms. The summed E-state index contributed by atoms with van der Waals surface area (Å²) in [5.41, 5.74) is 4.07. The molecule has 0 aliphatic heterocycles. The summed E-state index contributed by atoms with van der Waals surface area (Å²) in [6.07, 6.45) is 6.06. The molecule has 1 atom stereocenters. The molecule has 102 valence electrons. The number of nitrogens with zero attached hydrogens (tertiary/aromatic N) is 1. The van der Waals surface area contributed by atoms with Crippen LogP contribution in [0.4, 0.5) is 0 Å². The number of hydrogen-bond acceptors (Lipinski definition) is 3. The molecule has 0 radical (unpaired) electrons. The highest BCUT2D eigenvalue weighted by Gasteiger charge is 2.17. The molecule has 2 heterocycles. The highest BCUT2D eigenvalue weighted by molar-refractivity contribution is 7.10. The van der Waals surface area contributed by atoms with Crippen LogP contribution in [0, 0.1) is 6.92 Å². The van der Waals surface area contributed by atoms with E-state index in [0.29, 0.717) is 6.04 Å². The van der Waals surface area contributed by atoms with Crippen molar-refractivity contribution in [2.45, 2.75) is 39.7 Å². The Morgan fingerprint density at radius 2 is 2.21 bits per heavy atom. The third-order valence-corrected chi connectivity index (χ3v) is 4.20. The van der Waals surface area contributed by atoms with Gasteiger partial charge in [0.1, 0.15) is 0 Å². The zero-order valence-corrected chi connectivity index (χ0v) is 12.8. The molecule has 0 aliphatic carbocycles. The van der Waals surface area contributed by atoms with Gasteiger partial charge in [0.05, 0.1) is 6.04 Å². The Hall–Kier alpha value is -1.19. The van der Waals surface area contributed by atoms with Crippen LogP contribution in [0.5, 0.6) is 0 Å². The summed E-state index contributed by atoms with van der Waals surface area (Å²) in [6, 6.07) is 4.74. The van der Waals surface area contributed by atoms with Crippen LogP contribution in [-0.2, 0) is 6.42 Å². The van der Waals surface area contributed by atoms with Crippen LogP contribution < -0.4 is 5.32 Å². The van der Waals surface area contributed by atoms with E-state index in [9.17, 15) is 0 Å². The Kier molecular flexibility index (Phi) is 5.11. The number of aromatic nitrogens is 1. The maximum absolute atomic E-state index is 4.25. The van der Waals surface area contributed by atoms with Crippen LogP contribution in [0.2, 0.25) is 0 Å². The summed E-state index contributed by atoms with van der Waals surface area (Å²) in [5.74, 6) is 0. The van der Waals surface area contributed by atoms with Gasteiger partial charge in [-0.15, -0.1) is 11.3 Å². The second-order valence-corrected chi connectivity index (χ2v) is 5.92. The van der Waals surface area contributed by atoms with E-state index < -0.39 is 0 Å². The maximum Gasteiger partial charge on any atom is 0.0588 e. The minimum absolute atomic E-state index is 0.294. The molecule has 2 nitrogen and oxygen atoms in total. The van der Waals surface area contributed by atoms with Crippen LogP contribution in [0.3, 0.4) is 0 Å². The summed E-state index contributed by atoms with van der Waals surface area (Å²) in [7, 11) is 0. The van der Waals surface area contributed by atoms with Gasteiger partial charge in [0.25, 0.3) is 0 Å². The van der Waals surface area contributed by atoms with Crippen LogP contribution in [0.1, 0.15) is 47.9 Å². The zero-order valence-electron chi connectivity index (χ0n) is 11.9. The number of aryl methyl sites for hydroxylation is 2. The fraction of sp³-hybridized carbons (Fsp3) is 0.438. The lowest BCUT2D eigenvalue weighted by Crippen LogP contribution is -2.24. The first-order chi connectivity index (χ1) is 9.26. The van der Waals surface area contributed by atoms with Crippen LogP contribution >= 0.6 is 11.3 Å². The van der Waals surface area contributed by atoms with Gasteiger partial charge in [-0.3, -0.25) is 4.98 Å². The van der Waals surface area contributed by atoms with Gasteiger partial charge in [-0.05, 0) is 60.5 Å². The van der Waals surface area contributed by atoms with Crippen LogP contribution in [0.25, 0.3) is 0 Å². The third-order valence-electron chi connectivity index (χ3n) is 3.32. The Balaban J connectivity index is 2.36. The molecular weight excluding hydrogens is 252 g/mol. The van der Waals surface area contributed by atoms with Crippen molar-refractivity contribution in [2.24, 2.45) is 0 Å². The Morgan fingerprint density at radius 3 is 2.84 bits per heavy atom. The SMILES string of the molecule is CCCNC(c1csc(C)c1)c1ccncc1CC. The van der Waals surface area contributed by atoms with Crippen molar-refractivity contribution in [2.75, 3.05) is 6.54 Å². The van der Waals surface area contributed by atoms with Crippen molar-refractivity contribution in [3.63, 3.8) is 0 Å². The molecule has 0 aliphatic rings. The molecule has 0 saturated carbocycles. The number of rotatable bonds is 6. The Morgan fingerprint density at radius 1 is 1.37 bits per heavy atom. The molecule has 2 aromatic heterocycles. The van der Waals surface area contributed by atoms with E-state index in [2.05, 4.69) is 48.6 Å². The molecule has 1 N–H and O–H groups in total. The third kappa shape index (κ3) is 3.43. The van der Waals surface area contributed by atoms with Crippen molar-refractivity contribution < 1.29 is 0 Å². The summed E-state index contributed by atoms with van der Waals surface area (Å²) in [4.78, 5) is 5.62. The first kappa shape index (κ1) is 14.2. The van der Waals surface area contributed by atoms with Gasteiger partial charge in [0.2, 0.25) is 0 Å². The van der Waals surface area contributed by atoms with E-state index in [1.54, 1.807) is 0 Å². The predicted molar refractivity (Wildman–Crippen MR) is 82.8 cm³/mol. The number of hydrogen-bond donors (Lipinski definition) is 1. The zero-order chi connectivity index (χ0) is 13.7. The topological polar surface area (TPSA) is 24.9 Å². The van der Waals surface area contributed by atoms with E-state index in [4.69, 9.17) is 0 Å². The Bertz CT molecular complexity index is 519. The molecule has 3 heteroatoms. The molecule has 1 unspecified atom stereocenters. The van der Waals surface area contributed by atoms with E-state index in [1.807, 2.05) is 23.7 Å². The van der Waals surface area contributed by atoms with E-state index in [-0.39, 0.29) is 0 Å². The normalized spacial score (nSPS) is 12.6. The van der Waals surface area contributed by atoms with Crippen LogP contribution in [-0.4, -0.2) is 11.5 Å². The summed E-state index contributed by atoms with van der Waals surface area (Å²) < 4.78 is 0. The fourth-order valence-electron chi connectivity index (χ4n) is 2.33. The summed E-state index contributed by atoms with van der Waals surface area (Å²) in [6.45, 7) is 7.59. The van der Waals surface area contributed by atoms with Gasteiger partial charge in [0, 0.05) is 17.3 Å². The average Bonchev–Trinajstić information content (AvgIpc) is 2.86. The molecule has 0 spiro atoms. The molecule has 0 amide bonds. The Labute approximate surface area is 119 Å². The van der Waals surface area contributed by atoms with Gasteiger partial charge in [-0.25, -0.2) is 0 Å². The van der Waals surface area contributed by atoms with Gasteiger partial charge in [-0.2, -0.15) is 0 Å². The van der Waals surface area contributed by atoms with E-state index >= 15 is 0 Å².